The summed E-state index contributed by atoms with van der Waals surface area (Å²) in [6.45, 7) is 3.05. The number of carbonyl (C=O) groups is 1. The largest absolute Gasteiger partial charge is 0.396 e. The Morgan fingerprint density at radius 2 is 2.55 bits per heavy atom. The van der Waals surface area contributed by atoms with Gasteiger partial charge in [-0.25, -0.2) is 0 Å². The van der Waals surface area contributed by atoms with Gasteiger partial charge in [0.25, 0.3) is 0 Å². The van der Waals surface area contributed by atoms with Gasteiger partial charge in [0, 0.05) is 13.2 Å². The second-order valence-electron chi connectivity index (χ2n) is 3.24. The maximum Gasteiger partial charge on any atom is 0.128 e. The normalized spacial score (nSPS) is 33.6. The molecule has 0 amide bonds. The highest BCUT2D eigenvalue weighted by Crippen LogP contribution is 2.33. The summed E-state index contributed by atoms with van der Waals surface area (Å²) >= 11 is 0. The maximum absolute atomic E-state index is 10.7. The summed E-state index contributed by atoms with van der Waals surface area (Å²) in [6, 6.07) is 0. The highest BCUT2D eigenvalue weighted by Gasteiger charge is 2.39. The molecule has 1 N–H and O–H groups in total. The van der Waals surface area contributed by atoms with Crippen LogP contribution < -0.4 is 0 Å². The highest BCUT2D eigenvalue weighted by atomic mass is 16.5. The standard InChI is InChI=1S/C8H14O3/c1-7(4-9)8(5-10)2-3-11-6-8/h5,7,9H,2-4,6H2,1H3. The molecule has 2 atom stereocenters. The minimum atomic E-state index is -0.408. The van der Waals surface area contributed by atoms with Gasteiger partial charge >= 0.3 is 0 Å². The Kier molecular flexibility index (Phi) is 2.62. The number of aliphatic hydroxyl groups is 1. The van der Waals surface area contributed by atoms with Crippen LogP contribution in [0.2, 0.25) is 0 Å². The molecule has 1 fully saturated rings. The summed E-state index contributed by atoms with van der Waals surface area (Å²) in [6.07, 6.45) is 1.68. The predicted molar refractivity (Wildman–Crippen MR) is 40.2 cm³/mol. The van der Waals surface area contributed by atoms with Gasteiger partial charge in [0.05, 0.1) is 12.0 Å². The van der Waals surface area contributed by atoms with E-state index in [1.165, 1.54) is 0 Å². The number of aldehydes is 1. The maximum atomic E-state index is 10.7. The molecule has 1 saturated heterocycles. The van der Waals surface area contributed by atoms with E-state index in [9.17, 15) is 4.79 Å². The first-order chi connectivity index (χ1) is 5.25. The Labute approximate surface area is 66.4 Å². The molecule has 1 aliphatic rings. The van der Waals surface area contributed by atoms with Gasteiger partial charge in [-0.1, -0.05) is 6.92 Å². The summed E-state index contributed by atoms with van der Waals surface area (Å²) in [5.74, 6) is 0.0162. The lowest BCUT2D eigenvalue weighted by molar-refractivity contribution is -0.119. The van der Waals surface area contributed by atoms with Crippen molar-refractivity contribution < 1.29 is 14.6 Å². The van der Waals surface area contributed by atoms with Crippen molar-refractivity contribution in [1.29, 1.82) is 0 Å². The molecular formula is C8H14O3. The van der Waals surface area contributed by atoms with Crippen molar-refractivity contribution in [1.82, 2.24) is 0 Å². The van der Waals surface area contributed by atoms with Crippen LogP contribution in [0.1, 0.15) is 13.3 Å². The molecule has 1 aliphatic heterocycles. The van der Waals surface area contributed by atoms with Crippen molar-refractivity contribution in [3.63, 3.8) is 0 Å². The third-order valence-electron chi connectivity index (χ3n) is 2.57. The Morgan fingerprint density at radius 3 is 2.91 bits per heavy atom. The van der Waals surface area contributed by atoms with Gasteiger partial charge in [-0.15, -0.1) is 0 Å². The summed E-state index contributed by atoms with van der Waals surface area (Å²) < 4.78 is 5.13. The molecule has 1 heterocycles. The predicted octanol–water partition coefficient (Wildman–Crippen LogP) is 0.220. The van der Waals surface area contributed by atoms with Gasteiger partial charge in [-0.05, 0) is 12.3 Å². The van der Waals surface area contributed by atoms with E-state index in [0.29, 0.717) is 13.2 Å². The fourth-order valence-electron chi connectivity index (χ4n) is 1.38. The van der Waals surface area contributed by atoms with E-state index in [4.69, 9.17) is 9.84 Å². The molecule has 0 aromatic carbocycles. The minimum Gasteiger partial charge on any atom is -0.396 e. The first kappa shape index (κ1) is 8.68. The highest BCUT2D eigenvalue weighted by molar-refractivity contribution is 5.60. The molecule has 3 heteroatoms. The van der Waals surface area contributed by atoms with E-state index in [1.54, 1.807) is 0 Å². The first-order valence-electron chi connectivity index (χ1n) is 3.90. The molecule has 0 aliphatic carbocycles. The zero-order valence-electron chi connectivity index (χ0n) is 6.75. The number of ether oxygens (including phenoxy) is 1. The molecule has 2 unspecified atom stereocenters. The summed E-state index contributed by atoms with van der Waals surface area (Å²) in [7, 11) is 0. The Morgan fingerprint density at radius 1 is 1.82 bits per heavy atom. The Hall–Kier alpha value is -0.410. The van der Waals surface area contributed by atoms with Crippen LogP contribution in [0, 0.1) is 11.3 Å². The third kappa shape index (κ3) is 1.44. The molecule has 0 spiro atoms. The van der Waals surface area contributed by atoms with Crippen molar-refractivity contribution in [2.24, 2.45) is 11.3 Å². The van der Waals surface area contributed by atoms with Gasteiger partial charge in [0.1, 0.15) is 6.29 Å². The van der Waals surface area contributed by atoms with E-state index in [-0.39, 0.29) is 12.5 Å². The number of hydrogen-bond acceptors (Lipinski definition) is 3. The van der Waals surface area contributed by atoms with Crippen LogP contribution in [-0.2, 0) is 9.53 Å². The third-order valence-corrected chi connectivity index (χ3v) is 2.57. The van der Waals surface area contributed by atoms with Crippen molar-refractivity contribution >= 4 is 6.29 Å². The molecule has 0 aromatic rings. The lowest BCUT2D eigenvalue weighted by Crippen LogP contribution is -2.33. The average molecular weight is 158 g/mol. The van der Waals surface area contributed by atoms with E-state index in [2.05, 4.69) is 0 Å². The van der Waals surface area contributed by atoms with Gasteiger partial charge < -0.3 is 14.6 Å². The molecule has 0 radical (unpaired) electrons. The number of rotatable bonds is 3. The molecule has 64 valence electrons. The minimum absolute atomic E-state index is 0.0162. The molecule has 3 nitrogen and oxygen atoms in total. The van der Waals surface area contributed by atoms with Gasteiger partial charge in [-0.2, -0.15) is 0 Å². The van der Waals surface area contributed by atoms with Crippen LogP contribution in [0.25, 0.3) is 0 Å². The van der Waals surface area contributed by atoms with E-state index in [1.807, 2.05) is 6.92 Å². The van der Waals surface area contributed by atoms with Gasteiger partial charge in [0.2, 0.25) is 0 Å². The van der Waals surface area contributed by atoms with E-state index >= 15 is 0 Å². The molecular weight excluding hydrogens is 144 g/mol. The van der Waals surface area contributed by atoms with Gasteiger partial charge in [-0.3, -0.25) is 0 Å². The van der Waals surface area contributed by atoms with Crippen molar-refractivity contribution in [3.05, 3.63) is 0 Å². The van der Waals surface area contributed by atoms with Crippen LogP contribution in [0.4, 0.5) is 0 Å². The monoisotopic (exact) mass is 158 g/mol. The second-order valence-corrected chi connectivity index (χ2v) is 3.24. The molecule has 11 heavy (non-hydrogen) atoms. The molecule has 1 rings (SSSR count). The smallest absolute Gasteiger partial charge is 0.128 e. The molecule has 0 saturated carbocycles. The quantitative estimate of drug-likeness (QED) is 0.598. The summed E-state index contributed by atoms with van der Waals surface area (Å²) in [5.41, 5.74) is -0.408. The average Bonchev–Trinajstić information content (AvgIpc) is 2.52. The van der Waals surface area contributed by atoms with E-state index in [0.717, 1.165) is 12.7 Å². The zero-order chi connectivity index (χ0) is 8.32. The van der Waals surface area contributed by atoms with Crippen molar-refractivity contribution in [2.75, 3.05) is 19.8 Å². The summed E-state index contributed by atoms with van der Waals surface area (Å²) in [4.78, 5) is 10.7. The Bertz CT molecular complexity index is 138. The van der Waals surface area contributed by atoms with Crippen molar-refractivity contribution in [2.45, 2.75) is 13.3 Å². The SMILES string of the molecule is CC(CO)C1(C=O)CCOC1. The second kappa shape index (κ2) is 3.32. The van der Waals surface area contributed by atoms with Crippen LogP contribution in [0.15, 0.2) is 0 Å². The number of carbonyl (C=O) groups excluding carboxylic acids is 1. The van der Waals surface area contributed by atoms with Crippen LogP contribution in [0.5, 0.6) is 0 Å². The van der Waals surface area contributed by atoms with E-state index < -0.39 is 5.41 Å². The fraction of sp³-hybridized carbons (Fsp3) is 0.875. The van der Waals surface area contributed by atoms with Crippen LogP contribution >= 0.6 is 0 Å². The lowest BCUT2D eigenvalue weighted by atomic mass is 9.77. The Balaban J connectivity index is 2.65. The lowest BCUT2D eigenvalue weighted by Gasteiger charge is -2.25. The van der Waals surface area contributed by atoms with Crippen molar-refractivity contribution in [3.8, 4) is 0 Å². The first-order valence-corrected chi connectivity index (χ1v) is 3.90. The summed E-state index contributed by atoms with van der Waals surface area (Å²) in [5, 5.41) is 8.88. The fourth-order valence-corrected chi connectivity index (χ4v) is 1.38. The number of hydrogen-bond donors (Lipinski definition) is 1. The van der Waals surface area contributed by atoms with Crippen LogP contribution in [-0.4, -0.2) is 31.2 Å². The molecule has 0 aromatic heterocycles. The molecule has 0 bridgehead atoms. The topological polar surface area (TPSA) is 46.5 Å². The van der Waals surface area contributed by atoms with Gasteiger partial charge in [0.15, 0.2) is 0 Å². The number of aliphatic hydroxyl groups excluding tert-OH is 1. The zero-order valence-corrected chi connectivity index (χ0v) is 6.75. The van der Waals surface area contributed by atoms with Crippen LogP contribution in [0.3, 0.4) is 0 Å².